The van der Waals surface area contributed by atoms with E-state index in [2.05, 4.69) is 23.8 Å². The summed E-state index contributed by atoms with van der Waals surface area (Å²) in [4.78, 5) is 18.9. The molecule has 0 bridgehead atoms. The molecular weight excluding hydrogens is 553 g/mol. The van der Waals surface area contributed by atoms with Crippen LogP contribution in [0.2, 0.25) is 0 Å². The predicted octanol–water partition coefficient (Wildman–Crippen LogP) is 8.99. The van der Waals surface area contributed by atoms with Gasteiger partial charge in [0.1, 0.15) is 17.2 Å². The molecular formula is C32H36F5N3O2. The van der Waals surface area contributed by atoms with E-state index in [1.54, 1.807) is 43.5 Å². The van der Waals surface area contributed by atoms with E-state index in [-0.39, 0.29) is 17.2 Å². The summed E-state index contributed by atoms with van der Waals surface area (Å²) in [6, 6.07) is 12.2. The lowest BCUT2D eigenvalue weighted by atomic mass is 9.79. The molecule has 5 nitrogen and oxygen atoms in total. The van der Waals surface area contributed by atoms with Gasteiger partial charge in [-0.3, -0.25) is 4.57 Å². The van der Waals surface area contributed by atoms with Crippen LogP contribution in [0.3, 0.4) is 0 Å². The van der Waals surface area contributed by atoms with Gasteiger partial charge in [-0.1, -0.05) is 77.8 Å². The first kappa shape index (κ1) is 34.1. The minimum atomic E-state index is -2.19. The number of hydrogen-bond acceptors (Lipinski definition) is 4. The molecule has 2 aromatic heterocycles. The molecule has 0 saturated heterocycles. The van der Waals surface area contributed by atoms with Gasteiger partial charge >= 0.3 is 5.97 Å². The number of imidazole rings is 1. The molecule has 0 atom stereocenters. The standard InChI is InChI=1S/C20H17F5N2.C8H9NO2.C4H10/c1-4-20(2,3)12-8-6-5-7-11(12)19-26-9-10-27(19)18-16(24)14(22)13(21)15(23)17(18)25;1-2-11-8(10)7-5-3-4-6-9-7;1-3-4-2/h5-10H,4H2,1-3H3;3-6H,2H2,1H3;3-4H2,1-2H3. The molecule has 10 heteroatoms. The third kappa shape index (κ3) is 8.02. The van der Waals surface area contributed by atoms with Gasteiger partial charge in [0.15, 0.2) is 23.3 Å². The molecule has 0 spiro atoms. The summed E-state index contributed by atoms with van der Waals surface area (Å²) in [5.74, 6) is -10.3. The number of hydrogen-bond donors (Lipinski definition) is 0. The summed E-state index contributed by atoms with van der Waals surface area (Å²) < 4.78 is 74.9. The number of esters is 1. The van der Waals surface area contributed by atoms with Crippen LogP contribution >= 0.6 is 0 Å². The van der Waals surface area contributed by atoms with Crippen LogP contribution in [0.5, 0.6) is 0 Å². The van der Waals surface area contributed by atoms with Crippen molar-refractivity contribution < 1.29 is 31.5 Å². The van der Waals surface area contributed by atoms with E-state index >= 15 is 0 Å². The lowest BCUT2D eigenvalue weighted by molar-refractivity contribution is 0.0519. The minimum Gasteiger partial charge on any atom is -0.461 e. The number of aromatic nitrogens is 3. The molecule has 226 valence electrons. The maximum Gasteiger partial charge on any atom is 0.356 e. The van der Waals surface area contributed by atoms with E-state index in [1.165, 1.54) is 25.2 Å². The van der Waals surface area contributed by atoms with E-state index in [0.29, 0.717) is 17.9 Å². The van der Waals surface area contributed by atoms with Crippen molar-refractivity contribution >= 4 is 5.97 Å². The van der Waals surface area contributed by atoms with Gasteiger partial charge < -0.3 is 4.74 Å². The van der Waals surface area contributed by atoms with Crippen molar-refractivity contribution in [3.8, 4) is 17.1 Å². The summed E-state index contributed by atoms with van der Waals surface area (Å²) in [6.45, 7) is 12.5. The SMILES string of the molecule is CCC(C)(C)c1ccccc1-c1nccn1-c1c(F)c(F)c(F)c(F)c1F.CCCC.CCOC(=O)c1ccccn1. The maximum absolute atomic E-state index is 14.3. The van der Waals surface area contributed by atoms with Crippen LogP contribution < -0.4 is 0 Å². The summed E-state index contributed by atoms with van der Waals surface area (Å²) >= 11 is 0. The van der Waals surface area contributed by atoms with E-state index in [1.807, 2.05) is 32.9 Å². The highest BCUT2D eigenvalue weighted by Crippen LogP contribution is 2.36. The molecule has 0 aliphatic heterocycles. The van der Waals surface area contributed by atoms with Gasteiger partial charge in [0.05, 0.1) is 6.61 Å². The maximum atomic E-state index is 14.3. The Balaban J connectivity index is 0.000000339. The number of carbonyl (C=O) groups excluding carboxylic acids is 1. The topological polar surface area (TPSA) is 57.0 Å². The van der Waals surface area contributed by atoms with Gasteiger partial charge in [0.2, 0.25) is 5.82 Å². The number of ether oxygens (including phenoxy) is 1. The first-order valence-corrected chi connectivity index (χ1v) is 13.7. The van der Waals surface area contributed by atoms with E-state index < -0.39 is 34.8 Å². The predicted molar refractivity (Wildman–Crippen MR) is 153 cm³/mol. The highest BCUT2D eigenvalue weighted by molar-refractivity contribution is 5.87. The summed E-state index contributed by atoms with van der Waals surface area (Å²) in [5, 5.41) is 0. The number of nitrogens with zero attached hydrogens (tertiary/aromatic N) is 3. The molecule has 0 aliphatic carbocycles. The monoisotopic (exact) mass is 589 g/mol. The second kappa shape index (κ2) is 15.8. The second-order valence-electron chi connectivity index (χ2n) is 9.76. The third-order valence-electron chi connectivity index (χ3n) is 6.50. The highest BCUT2D eigenvalue weighted by Gasteiger charge is 2.29. The van der Waals surface area contributed by atoms with Gasteiger partial charge in [0.25, 0.3) is 0 Å². The Morgan fingerprint density at radius 3 is 1.88 bits per heavy atom. The number of rotatable bonds is 7. The van der Waals surface area contributed by atoms with Crippen LogP contribution in [-0.4, -0.2) is 27.1 Å². The number of unbranched alkanes of at least 4 members (excludes halogenated alkanes) is 1. The third-order valence-corrected chi connectivity index (χ3v) is 6.50. The highest BCUT2D eigenvalue weighted by atomic mass is 19.2. The Morgan fingerprint density at radius 1 is 0.786 bits per heavy atom. The molecule has 2 heterocycles. The van der Waals surface area contributed by atoms with Crippen molar-refractivity contribution in [1.29, 1.82) is 0 Å². The van der Waals surface area contributed by atoms with Crippen molar-refractivity contribution in [2.75, 3.05) is 6.61 Å². The van der Waals surface area contributed by atoms with E-state index in [9.17, 15) is 26.7 Å². The Morgan fingerprint density at radius 2 is 1.36 bits per heavy atom. The summed E-state index contributed by atoms with van der Waals surface area (Å²) in [6.07, 6.45) is 7.39. The molecule has 0 radical (unpaired) electrons. The van der Waals surface area contributed by atoms with Gasteiger partial charge in [-0.15, -0.1) is 0 Å². The molecule has 4 aromatic rings. The first-order chi connectivity index (χ1) is 20.0. The van der Waals surface area contributed by atoms with Crippen LogP contribution in [0.15, 0.2) is 61.1 Å². The normalized spacial score (nSPS) is 10.7. The lowest BCUT2D eigenvalue weighted by Crippen LogP contribution is -2.18. The smallest absolute Gasteiger partial charge is 0.356 e. The average molecular weight is 590 g/mol. The van der Waals surface area contributed by atoms with Crippen LogP contribution in [0.25, 0.3) is 17.1 Å². The van der Waals surface area contributed by atoms with Gasteiger partial charge in [0, 0.05) is 24.2 Å². The fraction of sp³-hybridized carbons (Fsp3) is 0.344. The molecule has 0 fully saturated rings. The summed E-state index contributed by atoms with van der Waals surface area (Å²) in [7, 11) is 0. The summed E-state index contributed by atoms with van der Waals surface area (Å²) in [5.41, 5.74) is 0.420. The Bertz CT molecular complexity index is 1430. The second-order valence-corrected chi connectivity index (χ2v) is 9.76. The van der Waals surface area contributed by atoms with Crippen molar-refractivity contribution in [3.05, 3.63) is 101 Å². The van der Waals surface area contributed by atoms with Crippen molar-refractivity contribution in [3.63, 3.8) is 0 Å². The minimum absolute atomic E-state index is 0.0929. The number of carbonyl (C=O) groups is 1. The van der Waals surface area contributed by atoms with E-state index in [0.717, 1.165) is 16.6 Å². The molecule has 0 unspecified atom stereocenters. The molecule has 0 saturated carbocycles. The van der Waals surface area contributed by atoms with Crippen molar-refractivity contribution in [2.24, 2.45) is 0 Å². The van der Waals surface area contributed by atoms with Gasteiger partial charge in [-0.25, -0.2) is 36.7 Å². The lowest BCUT2D eigenvalue weighted by Gasteiger charge is -2.26. The van der Waals surface area contributed by atoms with E-state index in [4.69, 9.17) is 4.74 Å². The first-order valence-electron chi connectivity index (χ1n) is 13.7. The molecule has 4 rings (SSSR count). The van der Waals surface area contributed by atoms with Crippen molar-refractivity contribution in [2.45, 2.75) is 66.2 Å². The van der Waals surface area contributed by atoms with Crippen molar-refractivity contribution in [1.82, 2.24) is 14.5 Å². The largest absolute Gasteiger partial charge is 0.461 e. The zero-order valence-corrected chi connectivity index (χ0v) is 24.6. The molecule has 42 heavy (non-hydrogen) atoms. The van der Waals surface area contributed by atoms with Crippen LogP contribution in [0.4, 0.5) is 22.0 Å². The van der Waals surface area contributed by atoms with Crippen LogP contribution in [0, 0.1) is 29.1 Å². The van der Waals surface area contributed by atoms with Crippen LogP contribution in [-0.2, 0) is 10.2 Å². The zero-order valence-electron chi connectivity index (χ0n) is 24.6. The van der Waals surface area contributed by atoms with Gasteiger partial charge in [-0.2, -0.15) is 0 Å². The Labute approximate surface area is 243 Å². The van der Waals surface area contributed by atoms with Gasteiger partial charge in [-0.05, 0) is 36.5 Å². The Kier molecular flexibility index (Phi) is 12.8. The fourth-order valence-electron chi connectivity index (χ4n) is 3.64. The molecule has 0 amide bonds. The molecule has 2 aromatic carbocycles. The zero-order chi connectivity index (χ0) is 31.4. The van der Waals surface area contributed by atoms with Crippen LogP contribution in [0.1, 0.15) is 76.9 Å². The average Bonchev–Trinajstić information content (AvgIpc) is 3.49. The Hall–Kier alpha value is -4.08. The molecule has 0 N–H and O–H groups in total. The number of benzene rings is 2. The number of pyridine rings is 1. The fourth-order valence-corrected chi connectivity index (χ4v) is 3.64. The number of halogens is 5. The quantitative estimate of drug-likeness (QED) is 0.0934. The molecule has 0 aliphatic rings.